The first kappa shape index (κ1) is 7.08. The predicted octanol–water partition coefficient (Wildman–Crippen LogP) is 1.52. The molecule has 3 nitrogen and oxygen atoms in total. The summed E-state index contributed by atoms with van der Waals surface area (Å²) in [6.07, 6.45) is 3.38. The Hall–Kier alpha value is -1.03. The molecule has 0 saturated carbocycles. The minimum absolute atomic E-state index is 0.873. The first-order chi connectivity index (χ1) is 4.84. The van der Waals surface area contributed by atoms with E-state index in [0.29, 0.717) is 0 Å². The van der Waals surface area contributed by atoms with Crippen LogP contribution >= 0.6 is 11.7 Å². The maximum Gasteiger partial charge on any atom is 0.101 e. The molecular weight excluding hydrogens is 146 g/mol. The molecule has 0 amide bonds. The van der Waals surface area contributed by atoms with Gasteiger partial charge in [0.2, 0.25) is 0 Å². The standard InChI is InChI=1S/C6H7N3S/c1-5-6(3-4-7-2)9-10-8-5/h3-4H,2H2,1H3/b4-3-. The second-order valence-electron chi connectivity index (χ2n) is 1.73. The maximum atomic E-state index is 4.01. The molecule has 1 aromatic rings. The summed E-state index contributed by atoms with van der Waals surface area (Å²) in [7, 11) is 0. The van der Waals surface area contributed by atoms with E-state index in [0.717, 1.165) is 11.4 Å². The minimum Gasteiger partial charge on any atom is -0.272 e. The summed E-state index contributed by atoms with van der Waals surface area (Å²) in [6, 6.07) is 0. The third kappa shape index (κ3) is 1.48. The van der Waals surface area contributed by atoms with E-state index >= 15 is 0 Å². The van der Waals surface area contributed by atoms with Crippen molar-refractivity contribution in [2.75, 3.05) is 0 Å². The van der Waals surface area contributed by atoms with Gasteiger partial charge in [0.15, 0.2) is 0 Å². The molecule has 0 aliphatic heterocycles. The third-order valence-corrected chi connectivity index (χ3v) is 1.66. The average Bonchev–Trinajstić information content (AvgIpc) is 2.31. The Morgan fingerprint density at radius 1 is 1.60 bits per heavy atom. The lowest BCUT2D eigenvalue weighted by Gasteiger charge is -1.80. The quantitative estimate of drug-likeness (QED) is 0.604. The van der Waals surface area contributed by atoms with Gasteiger partial charge in [-0.25, -0.2) is 0 Å². The molecule has 0 aliphatic rings. The van der Waals surface area contributed by atoms with Crippen molar-refractivity contribution in [3.05, 3.63) is 17.6 Å². The van der Waals surface area contributed by atoms with Crippen molar-refractivity contribution in [1.82, 2.24) is 8.75 Å². The van der Waals surface area contributed by atoms with E-state index < -0.39 is 0 Å². The van der Waals surface area contributed by atoms with Crippen LogP contribution in [0.4, 0.5) is 0 Å². The van der Waals surface area contributed by atoms with E-state index in [1.54, 1.807) is 12.3 Å². The van der Waals surface area contributed by atoms with Gasteiger partial charge in [-0.1, -0.05) is 0 Å². The number of hydrogen-bond donors (Lipinski definition) is 0. The zero-order valence-corrected chi connectivity index (χ0v) is 6.43. The first-order valence-corrected chi connectivity index (χ1v) is 3.49. The molecule has 0 spiro atoms. The summed E-state index contributed by atoms with van der Waals surface area (Å²) in [5.74, 6) is 0. The fourth-order valence-electron chi connectivity index (χ4n) is 0.513. The SMILES string of the molecule is C=N/C=C\c1nsnc1C. The Labute approximate surface area is 63.5 Å². The Morgan fingerprint density at radius 3 is 2.90 bits per heavy atom. The number of hydrogen-bond acceptors (Lipinski definition) is 4. The molecule has 4 heteroatoms. The van der Waals surface area contributed by atoms with Crippen molar-refractivity contribution in [1.29, 1.82) is 0 Å². The van der Waals surface area contributed by atoms with Crippen molar-refractivity contribution in [3.8, 4) is 0 Å². The Bertz CT molecular complexity index is 251. The maximum absolute atomic E-state index is 4.01. The second kappa shape index (κ2) is 3.22. The number of rotatable bonds is 2. The average molecular weight is 153 g/mol. The van der Waals surface area contributed by atoms with Crippen molar-refractivity contribution >= 4 is 24.5 Å². The van der Waals surface area contributed by atoms with Gasteiger partial charge in [-0.05, 0) is 19.7 Å². The van der Waals surface area contributed by atoms with Gasteiger partial charge in [0.25, 0.3) is 0 Å². The number of aromatic nitrogens is 2. The van der Waals surface area contributed by atoms with Crippen LogP contribution in [0.2, 0.25) is 0 Å². The van der Waals surface area contributed by atoms with E-state index in [1.807, 2.05) is 6.92 Å². The summed E-state index contributed by atoms with van der Waals surface area (Å²) < 4.78 is 8.00. The molecule has 0 radical (unpaired) electrons. The van der Waals surface area contributed by atoms with Crippen LogP contribution in [-0.4, -0.2) is 15.5 Å². The Kier molecular flexibility index (Phi) is 2.28. The summed E-state index contributed by atoms with van der Waals surface area (Å²) in [4.78, 5) is 3.56. The molecule has 0 N–H and O–H groups in total. The summed E-state index contributed by atoms with van der Waals surface area (Å²) in [5, 5.41) is 0. The fourth-order valence-corrected chi connectivity index (χ4v) is 1.05. The monoisotopic (exact) mass is 153 g/mol. The molecule has 52 valence electrons. The van der Waals surface area contributed by atoms with Gasteiger partial charge in [0.1, 0.15) is 5.69 Å². The molecule has 10 heavy (non-hydrogen) atoms. The van der Waals surface area contributed by atoms with E-state index in [4.69, 9.17) is 0 Å². The molecule has 0 unspecified atom stereocenters. The van der Waals surface area contributed by atoms with E-state index in [-0.39, 0.29) is 0 Å². The van der Waals surface area contributed by atoms with E-state index in [9.17, 15) is 0 Å². The molecule has 0 atom stereocenters. The van der Waals surface area contributed by atoms with E-state index in [2.05, 4.69) is 20.5 Å². The second-order valence-corrected chi connectivity index (χ2v) is 2.26. The van der Waals surface area contributed by atoms with Crippen LogP contribution in [0.5, 0.6) is 0 Å². The van der Waals surface area contributed by atoms with Crippen LogP contribution in [0, 0.1) is 6.92 Å². The van der Waals surface area contributed by atoms with Gasteiger partial charge in [-0.2, -0.15) is 8.75 Å². The molecule has 0 saturated heterocycles. The van der Waals surface area contributed by atoms with Crippen molar-refractivity contribution in [2.45, 2.75) is 6.92 Å². The van der Waals surface area contributed by atoms with Crippen molar-refractivity contribution in [3.63, 3.8) is 0 Å². The molecule has 1 heterocycles. The van der Waals surface area contributed by atoms with Crippen LogP contribution in [0.25, 0.3) is 6.08 Å². The van der Waals surface area contributed by atoms with Gasteiger partial charge in [0, 0.05) is 6.20 Å². The molecule has 0 aromatic carbocycles. The molecule has 1 aromatic heterocycles. The molecule has 0 bridgehead atoms. The minimum atomic E-state index is 0.873. The van der Waals surface area contributed by atoms with Gasteiger partial charge < -0.3 is 0 Å². The lowest BCUT2D eigenvalue weighted by atomic mass is 10.3. The Morgan fingerprint density at radius 2 is 2.40 bits per heavy atom. The Balaban J connectivity index is 2.83. The van der Waals surface area contributed by atoms with Crippen molar-refractivity contribution < 1.29 is 0 Å². The smallest absolute Gasteiger partial charge is 0.101 e. The molecule has 1 rings (SSSR count). The highest BCUT2D eigenvalue weighted by Crippen LogP contribution is 2.05. The van der Waals surface area contributed by atoms with Crippen LogP contribution in [-0.2, 0) is 0 Å². The zero-order chi connectivity index (χ0) is 7.40. The summed E-state index contributed by atoms with van der Waals surface area (Å²) >= 11 is 1.20. The summed E-state index contributed by atoms with van der Waals surface area (Å²) in [6.45, 7) is 5.22. The highest BCUT2D eigenvalue weighted by molar-refractivity contribution is 6.99. The van der Waals surface area contributed by atoms with Gasteiger partial charge in [-0.3, -0.25) is 4.99 Å². The first-order valence-electron chi connectivity index (χ1n) is 2.76. The van der Waals surface area contributed by atoms with Gasteiger partial charge >= 0.3 is 0 Å². The third-order valence-electron chi connectivity index (χ3n) is 1.03. The topological polar surface area (TPSA) is 38.1 Å². The fraction of sp³-hybridized carbons (Fsp3) is 0.167. The van der Waals surface area contributed by atoms with Crippen LogP contribution < -0.4 is 0 Å². The molecular formula is C6H7N3S. The van der Waals surface area contributed by atoms with Gasteiger partial charge in [0.05, 0.1) is 17.4 Å². The van der Waals surface area contributed by atoms with Crippen LogP contribution in [0.3, 0.4) is 0 Å². The number of nitrogens with zero attached hydrogens (tertiary/aromatic N) is 3. The van der Waals surface area contributed by atoms with Crippen LogP contribution in [0.15, 0.2) is 11.2 Å². The largest absolute Gasteiger partial charge is 0.272 e. The lowest BCUT2D eigenvalue weighted by molar-refractivity contribution is 1.30. The van der Waals surface area contributed by atoms with Crippen molar-refractivity contribution in [2.24, 2.45) is 4.99 Å². The lowest BCUT2D eigenvalue weighted by Crippen LogP contribution is -1.74. The number of aryl methyl sites for hydroxylation is 1. The van der Waals surface area contributed by atoms with Crippen LogP contribution in [0.1, 0.15) is 11.4 Å². The normalized spacial score (nSPS) is 10.5. The predicted molar refractivity (Wildman–Crippen MR) is 43.2 cm³/mol. The highest BCUT2D eigenvalue weighted by Gasteiger charge is 1.95. The summed E-state index contributed by atoms with van der Waals surface area (Å²) in [5.41, 5.74) is 1.81. The molecule has 0 aliphatic carbocycles. The highest BCUT2D eigenvalue weighted by atomic mass is 32.1. The van der Waals surface area contributed by atoms with E-state index in [1.165, 1.54) is 11.7 Å². The van der Waals surface area contributed by atoms with Gasteiger partial charge in [-0.15, -0.1) is 0 Å². The molecule has 0 fully saturated rings. The number of aliphatic imine (C=N–C) groups is 1. The zero-order valence-electron chi connectivity index (χ0n) is 5.61.